The normalized spacial score (nSPS) is 27.4. The van der Waals surface area contributed by atoms with Gasteiger partial charge in [-0.05, 0) is 43.0 Å². The first-order chi connectivity index (χ1) is 11.0. The molecule has 23 heavy (non-hydrogen) atoms. The Morgan fingerprint density at radius 1 is 1.30 bits per heavy atom. The maximum absolute atomic E-state index is 12.8. The van der Waals surface area contributed by atoms with Crippen LogP contribution in [-0.2, 0) is 4.79 Å². The number of hydrogen-bond donors (Lipinski definition) is 1. The third-order valence-corrected chi connectivity index (χ3v) is 5.15. The first-order valence-electron chi connectivity index (χ1n) is 8.05. The highest BCUT2D eigenvalue weighted by molar-refractivity contribution is 6.30. The van der Waals surface area contributed by atoms with E-state index in [1.807, 2.05) is 6.92 Å². The molecule has 1 saturated carbocycles. The molecule has 5 nitrogen and oxygen atoms in total. The predicted molar refractivity (Wildman–Crippen MR) is 87.6 cm³/mol. The van der Waals surface area contributed by atoms with E-state index < -0.39 is 5.54 Å². The van der Waals surface area contributed by atoms with Crippen LogP contribution in [0.3, 0.4) is 0 Å². The van der Waals surface area contributed by atoms with Crippen LogP contribution in [0.25, 0.3) is 0 Å². The minimum Gasteiger partial charge on any atom is -0.492 e. The summed E-state index contributed by atoms with van der Waals surface area (Å²) in [4.78, 5) is 26.3. The number of nitrogens with zero attached hydrogens (tertiary/aromatic N) is 1. The molecule has 1 saturated heterocycles. The summed E-state index contributed by atoms with van der Waals surface area (Å²) in [6.45, 7) is 2.57. The number of carbonyl (C=O) groups is 2. The Balaban J connectivity index is 1.61. The molecule has 3 amide bonds. The van der Waals surface area contributed by atoms with E-state index in [9.17, 15) is 9.59 Å². The Hall–Kier alpha value is -1.75. The molecule has 6 heteroatoms. The second-order valence-corrected chi connectivity index (χ2v) is 6.74. The Bertz CT molecular complexity index is 604. The number of ether oxygens (including phenoxy) is 1. The molecule has 1 spiro atoms. The van der Waals surface area contributed by atoms with E-state index in [1.54, 1.807) is 24.3 Å². The van der Waals surface area contributed by atoms with Gasteiger partial charge in [0.15, 0.2) is 0 Å². The molecule has 0 bridgehead atoms. The van der Waals surface area contributed by atoms with Crippen LogP contribution >= 0.6 is 11.6 Å². The largest absolute Gasteiger partial charge is 0.492 e. The molecule has 3 rings (SSSR count). The highest BCUT2D eigenvalue weighted by Gasteiger charge is 2.54. The second-order valence-electron chi connectivity index (χ2n) is 6.31. The molecule has 2 fully saturated rings. The maximum atomic E-state index is 12.8. The quantitative estimate of drug-likeness (QED) is 0.859. The van der Waals surface area contributed by atoms with Crippen molar-refractivity contribution in [2.24, 2.45) is 5.92 Å². The monoisotopic (exact) mass is 336 g/mol. The van der Waals surface area contributed by atoms with Gasteiger partial charge in [-0.3, -0.25) is 9.69 Å². The molecule has 2 aliphatic rings. The molecule has 1 aliphatic heterocycles. The van der Waals surface area contributed by atoms with Gasteiger partial charge < -0.3 is 10.1 Å². The second kappa shape index (κ2) is 6.40. The minimum absolute atomic E-state index is 0.102. The van der Waals surface area contributed by atoms with Crippen molar-refractivity contribution in [1.29, 1.82) is 0 Å². The van der Waals surface area contributed by atoms with E-state index in [0.29, 0.717) is 10.8 Å². The van der Waals surface area contributed by atoms with E-state index in [0.717, 1.165) is 25.7 Å². The smallest absolute Gasteiger partial charge is 0.325 e. The van der Waals surface area contributed by atoms with E-state index in [-0.39, 0.29) is 31.0 Å². The van der Waals surface area contributed by atoms with Gasteiger partial charge in [-0.1, -0.05) is 31.4 Å². The van der Waals surface area contributed by atoms with Crippen molar-refractivity contribution in [3.05, 3.63) is 29.3 Å². The number of carbonyl (C=O) groups excluding carboxylic acids is 2. The molecular formula is C17H21ClN2O3. The lowest BCUT2D eigenvalue weighted by molar-refractivity contribution is -0.134. The average molecular weight is 337 g/mol. The number of imide groups is 1. The first-order valence-corrected chi connectivity index (χ1v) is 8.43. The van der Waals surface area contributed by atoms with Crippen molar-refractivity contribution in [3.8, 4) is 5.75 Å². The number of urea groups is 1. The van der Waals surface area contributed by atoms with Gasteiger partial charge >= 0.3 is 6.03 Å². The lowest BCUT2D eigenvalue weighted by atomic mass is 9.73. The van der Waals surface area contributed by atoms with Gasteiger partial charge in [0, 0.05) is 5.02 Å². The van der Waals surface area contributed by atoms with Gasteiger partial charge in [-0.2, -0.15) is 0 Å². The van der Waals surface area contributed by atoms with Crippen LogP contribution in [0.1, 0.15) is 32.6 Å². The Morgan fingerprint density at radius 2 is 2.04 bits per heavy atom. The third-order valence-electron chi connectivity index (χ3n) is 4.90. The predicted octanol–water partition coefficient (Wildman–Crippen LogP) is 3.22. The summed E-state index contributed by atoms with van der Waals surface area (Å²) >= 11 is 5.82. The van der Waals surface area contributed by atoms with Crippen LogP contribution in [0.15, 0.2) is 24.3 Å². The molecular weight excluding hydrogens is 316 g/mol. The van der Waals surface area contributed by atoms with Crippen molar-refractivity contribution in [3.63, 3.8) is 0 Å². The van der Waals surface area contributed by atoms with Crippen molar-refractivity contribution in [2.45, 2.75) is 38.1 Å². The standard InChI is InChI=1S/C17H21ClN2O3/c1-12-4-2-3-9-17(12)15(21)20(16(22)19-17)10-11-23-14-7-5-13(18)6-8-14/h5-8,12H,2-4,9-11H2,1H3,(H,19,22)/t12-,17+/m0/s1. The fourth-order valence-electron chi connectivity index (χ4n) is 3.48. The van der Waals surface area contributed by atoms with Crippen LogP contribution < -0.4 is 10.1 Å². The Morgan fingerprint density at radius 3 is 2.74 bits per heavy atom. The van der Waals surface area contributed by atoms with Crippen molar-refractivity contribution in [1.82, 2.24) is 10.2 Å². The minimum atomic E-state index is -0.699. The van der Waals surface area contributed by atoms with Crippen LogP contribution in [0, 0.1) is 5.92 Å². The molecule has 1 heterocycles. The zero-order chi connectivity index (χ0) is 16.4. The number of rotatable bonds is 4. The first kappa shape index (κ1) is 16.1. The lowest BCUT2D eigenvalue weighted by Gasteiger charge is -2.36. The Labute approximate surface area is 140 Å². The zero-order valence-electron chi connectivity index (χ0n) is 13.2. The highest BCUT2D eigenvalue weighted by atomic mass is 35.5. The summed E-state index contributed by atoms with van der Waals surface area (Å²) < 4.78 is 5.59. The van der Waals surface area contributed by atoms with E-state index in [2.05, 4.69) is 5.32 Å². The number of halogens is 1. The molecule has 124 valence electrons. The molecule has 0 unspecified atom stereocenters. The van der Waals surface area contributed by atoms with Gasteiger partial charge in [0.1, 0.15) is 17.9 Å². The summed E-state index contributed by atoms with van der Waals surface area (Å²) in [5.41, 5.74) is -0.699. The summed E-state index contributed by atoms with van der Waals surface area (Å²) in [5, 5.41) is 3.58. The topological polar surface area (TPSA) is 58.6 Å². The fourth-order valence-corrected chi connectivity index (χ4v) is 3.61. The number of amides is 3. The average Bonchev–Trinajstić information content (AvgIpc) is 2.77. The fraction of sp³-hybridized carbons (Fsp3) is 0.529. The van der Waals surface area contributed by atoms with E-state index in [4.69, 9.17) is 16.3 Å². The van der Waals surface area contributed by atoms with Crippen LogP contribution in [0.2, 0.25) is 5.02 Å². The highest BCUT2D eigenvalue weighted by Crippen LogP contribution is 2.38. The molecule has 2 atom stereocenters. The summed E-state index contributed by atoms with van der Waals surface area (Å²) in [5.74, 6) is 0.742. The molecule has 1 aliphatic carbocycles. The molecule has 1 N–H and O–H groups in total. The Kier molecular flexibility index (Phi) is 4.48. The van der Waals surface area contributed by atoms with Gasteiger partial charge in [-0.15, -0.1) is 0 Å². The summed E-state index contributed by atoms with van der Waals surface area (Å²) in [6, 6.07) is 6.70. The van der Waals surface area contributed by atoms with Crippen LogP contribution in [0.4, 0.5) is 4.79 Å². The van der Waals surface area contributed by atoms with Crippen LogP contribution in [-0.4, -0.2) is 35.5 Å². The number of hydrogen-bond acceptors (Lipinski definition) is 3. The molecule has 0 radical (unpaired) electrons. The molecule has 1 aromatic rings. The lowest BCUT2D eigenvalue weighted by Crippen LogP contribution is -2.54. The van der Waals surface area contributed by atoms with E-state index in [1.165, 1.54) is 4.90 Å². The SMILES string of the molecule is C[C@H]1CCCC[C@@]12NC(=O)N(CCOc1ccc(Cl)cc1)C2=O. The van der Waals surface area contributed by atoms with Gasteiger partial charge in [-0.25, -0.2) is 4.79 Å². The summed E-state index contributed by atoms with van der Waals surface area (Å²) in [6.07, 6.45) is 3.80. The van der Waals surface area contributed by atoms with Crippen molar-refractivity contribution < 1.29 is 14.3 Å². The number of nitrogens with one attached hydrogen (secondary N) is 1. The van der Waals surface area contributed by atoms with Gasteiger partial charge in [0.25, 0.3) is 5.91 Å². The van der Waals surface area contributed by atoms with Gasteiger partial charge in [0.05, 0.1) is 6.54 Å². The molecule has 1 aromatic carbocycles. The number of benzene rings is 1. The van der Waals surface area contributed by atoms with Crippen molar-refractivity contribution >= 4 is 23.5 Å². The summed E-state index contributed by atoms with van der Waals surface area (Å²) in [7, 11) is 0. The van der Waals surface area contributed by atoms with E-state index >= 15 is 0 Å². The molecule has 0 aromatic heterocycles. The maximum Gasteiger partial charge on any atom is 0.325 e. The van der Waals surface area contributed by atoms with Crippen molar-refractivity contribution in [2.75, 3.05) is 13.2 Å². The zero-order valence-corrected chi connectivity index (χ0v) is 13.9. The van der Waals surface area contributed by atoms with Gasteiger partial charge in [0.2, 0.25) is 0 Å². The third kappa shape index (κ3) is 3.02. The van der Waals surface area contributed by atoms with Crippen LogP contribution in [0.5, 0.6) is 5.75 Å².